The van der Waals surface area contributed by atoms with Gasteiger partial charge in [-0.05, 0) is 19.3 Å². The molecule has 2 atom stereocenters. The summed E-state index contributed by atoms with van der Waals surface area (Å²) in [5.41, 5.74) is 5.87. The van der Waals surface area contributed by atoms with E-state index in [9.17, 15) is 0 Å². The third-order valence-electron chi connectivity index (χ3n) is 2.43. The first-order valence-corrected chi connectivity index (χ1v) is 4.45. The first-order chi connectivity index (χ1) is 5.36. The minimum absolute atomic E-state index is 0.212. The molecule has 64 valence electrons. The monoisotopic (exact) mass is 156 g/mol. The predicted octanol–water partition coefficient (Wildman–Crippen LogP) is -0.145. The van der Waals surface area contributed by atoms with Crippen LogP contribution in [0.25, 0.3) is 0 Å². The molecule has 0 radical (unpaired) electrons. The average molecular weight is 156 g/mol. The Balaban J connectivity index is 1.78. The van der Waals surface area contributed by atoms with Gasteiger partial charge in [0.2, 0.25) is 0 Å². The summed E-state index contributed by atoms with van der Waals surface area (Å²) in [5.74, 6) is 0. The second-order valence-electron chi connectivity index (χ2n) is 3.57. The first kappa shape index (κ1) is 7.53. The van der Waals surface area contributed by atoms with Crippen molar-refractivity contribution in [3.8, 4) is 0 Å². The summed E-state index contributed by atoms with van der Waals surface area (Å²) in [6.07, 6.45) is 3.76. The molecule has 1 aliphatic carbocycles. The van der Waals surface area contributed by atoms with Gasteiger partial charge in [-0.2, -0.15) is 0 Å². The highest BCUT2D eigenvalue weighted by Gasteiger charge is 2.29. The van der Waals surface area contributed by atoms with Crippen LogP contribution in [0.15, 0.2) is 0 Å². The summed E-state index contributed by atoms with van der Waals surface area (Å²) in [4.78, 5) is 0. The molecule has 3 nitrogen and oxygen atoms in total. The van der Waals surface area contributed by atoms with Crippen LogP contribution in [0.4, 0.5) is 0 Å². The molecule has 0 bridgehead atoms. The zero-order chi connectivity index (χ0) is 7.68. The van der Waals surface area contributed by atoms with Gasteiger partial charge in [-0.1, -0.05) is 0 Å². The van der Waals surface area contributed by atoms with E-state index in [1.54, 1.807) is 0 Å². The number of nitrogens with one attached hydrogen (secondary N) is 1. The number of hydrogen-bond donors (Lipinski definition) is 2. The van der Waals surface area contributed by atoms with Crippen molar-refractivity contribution in [2.24, 2.45) is 5.73 Å². The molecule has 0 aromatic rings. The Morgan fingerprint density at radius 2 is 2.09 bits per heavy atom. The van der Waals surface area contributed by atoms with E-state index in [1.165, 1.54) is 12.8 Å². The maximum Gasteiger partial charge on any atom is 0.0632 e. The predicted molar refractivity (Wildman–Crippen MR) is 43.4 cm³/mol. The zero-order valence-electron chi connectivity index (χ0n) is 6.75. The van der Waals surface area contributed by atoms with Crippen LogP contribution in [-0.4, -0.2) is 31.3 Å². The lowest BCUT2D eigenvalue weighted by Crippen LogP contribution is -2.51. The van der Waals surface area contributed by atoms with Crippen molar-refractivity contribution in [3.63, 3.8) is 0 Å². The molecule has 2 aliphatic rings. The maximum absolute atomic E-state index is 5.87. The second kappa shape index (κ2) is 3.09. The van der Waals surface area contributed by atoms with E-state index >= 15 is 0 Å². The lowest BCUT2D eigenvalue weighted by Gasteiger charge is -2.29. The highest BCUT2D eigenvalue weighted by Crippen LogP contribution is 2.21. The van der Waals surface area contributed by atoms with Crippen molar-refractivity contribution in [2.45, 2.75) is 37.4 Å². The Labute approximate surface area is 67.3 Å². The van der Waals surface area contributed by atoms with Crippen molar-refractivity contribution in [2.75, 3.05) is 13.2 Å². The van der Waals surface area contributed by atoms with Crippen LogP contribution in [0, 0.1) is 0 Å². The maximum atomic E-state index is 5.87. The number of hydrogen-bond acceptors (Lipinski definition) is 3. The van der Waals surface area contributed by atoms with Crippen molar-refractivity contribution >= 4 is 0 Å². The van der Waals surface area contributed by atoms with Crippen LogP contribution in [0.5, 0.6) is 0 Å². The molecule has 1 saturated heterocycles. The fourth-order valence-corrected chi connectivity index (χ4v) is 1.52. The van der Waals surface area contributed by atoms with Gasteiger partial charge in [0, 0.05) is 24.7 Å². The topological polar surface area (TPSA) is 47.3 Å². The van der Waals surface area contributed by atoms with Crippen molar-refractivity contribution in [3.05, 3.63) is 0 Å². The van der Waals surface area contributed by atoms with Crippen LogP contribution < -0.4 is 11.1 Å². The number of rotatable bonds is 2. The fourth-order valence-electron chi connectivity index (χ4n) is 1.52. The Morgan fingerprint density at radius 3 is 2.73 bits per heavy atom. The second-order valence-corrected chi connectivity index (χ2v) is 3.57. The van der Waals surface area contributed by atoms with E-state index < -0.39 is 0 Å². The van der Waals surface area contributed by atoms with Crippen molar-refractivity contribution < 1.29 is 4.74 Å². The Bertz CT molecular complexity index is 136. The summed E-state index contributed by atoms with van der Waals surface area (Å²) < 4.78 is 5.25. The van der Waals surface area contributed by atoms with E-state index in [0.29, 0.717) is 6.04 Å². The highest BCUT2D eigenvalue weighted by atomic mass is 16.5. The third-order valence-corrected chi connectivity index (χ3v) is 2.43. The lowest BCUT2D eigenvalue weighted by molar-refractivity contribution is 0.0615. The number of nitrogens with two attached hydrogens (primary N) is 1. The lowest BCUT2D eigenvalue weighted by atomic mass is 10.0. The van der Waals surface area contributed by atoms with Gasteiger partial charge in [0.1, 0.15) is 0 Å². The first-order valence-electron chi connectivity index (χ1n) is 4.45. The quantitative estimate of drug-likeness (QED) is 0.584. The third kappa shape index (κ3) is 1.92. The molecule has 0 aromatic carbocycles. The molecule has 0 spiro atoms. The van der Waals surface area contributed by atoms with E-state index in [2.05, 4.69) is 5.32 Å². The van der Waals surface area contributed by atoms with Gasteiger partial charge in [0.05, 0.1) is 6.61 Å². The molecule has 3 N–H and O–H groups in total. The smallest absolute Gasteiger partial charge is 0.0632 e. The van der Waals surface area contributed by atoms with Crippen LogP contribution in [0.2, 0.25) is 0 Å². The molecule has 1 heterocycles. The zero-order valence-corrected chi connectivity index (χ0v) is 6.75. The van der Waals surface area contributed by atoms with Crippen molar-refractivity contribution in [1.29, 1.82) is 0 Å². The normalized spacial score (nSPS) is 39.0. The van der Waals surface area contributed by atoms with Gasteiger partial charge in [-0.15, -0.1) is 0 Å². The summed E-state index contributed by atoms with van der Waals surface area (Å²) in [6.45, 7) is 1.60. The average Bonchev–Trinajstić information content (AvgIpc) is 2.78. The van der Waals surface area contributed by atoms with Gasteiger partial charge >= 0.3 is 0 Å². The highest BCUT2D eigenvalue weighted by molar-refractivity contribution is 4.90. The molecule has 1 aliphatic heterocycles. The molecule has 0 unspecified atom stereocenters. The molecule has 11 heavy (non-hydrogen) atoms. The van der Waals surface area contributed by atoms with Gasteiger partial charge in [-0.25, -0.2) is 0 Å². The van der Waals surface area contributed by atoms with E-state index in [0.717, 1.165) is 25.7 Å². The molecular weight excluding hydrogens is 140 g/mol. The summed E-state index contributed by atoms with van der Waals surface area (Å²) in [7, 11) is 0. The Hall–Kier alpha value is -0.120. The van der Waals surface area contributed by atoms with Crippen LogP contribution in [0.3, 0.4) is 0 Å². The van der Waals surface area contributed by atoms with Gasteiger partial charge in [0.25, 0.3) is 0 Å². The molecule has 1 saturated carbocycles. The molecular formula is C8H16N2O. The van der Waals surface area contributed by atoms with Crippen LogP contribution in [-0.2, 0) is 4.74 Å². The molecule has 2 rings (SSSR count). The Kier molecular flexibility index (Phi) is 2.11. The fraction of sp³-hybridized carbons (Fsp3) is 1.00. The van der Waals surface area contributed by atoms with Gasteiger partial charge in [0.15, 0.2) is 0 Å². The molecule has 0 aromatic heterocycles. The van der Waals surface area contributed by atoms with E-state index in [4.69, 9.17) is 10.5 Å². The SMILES string of the molecule is N[C@@H]1COCC[C@H]1NC1CC1. The molecule has 3 heteroatoms. The number of ether oxygens (including phenoxy) is 1. The summed E-state index contributed by atoms with van der Waals surface area (Å²) >= 11 is 0. The van der Waals surface area contributed by atoms with Crippen LogP contribution in [0.1, 0.15) is 19.3 Å². The summed E-state index contributed by atoms with van der Waals surface area (Å²) in [6, 6.07) is 1.49. The molecule has 2 fully saturated rings. The van der Waals surface area contributed by atoms with Gasteiger partial charge < -0.3 is 15.8 Å². The van der Waals surface area contributed by atoms with E-state index in [1.807, 2.05) is 0 Å². The minimum atomic E-state index is 0.212. The van der Waals surface area contributed by atoms with Crippen molar-refractivity contribution in [1.82, 2.24) is 5.32 Å². The summed E-state index contributed by atoms with van der Waals surface area (Å²) in [5, 5.41) is 3.54. The molecule has 0 amide bonds. The standard InChI is InChI=1S/C8H16N2O/c9-7-5-11-4-3-8(7)10-6-1-2-6/h6-8,10H,1-5,9H2/t7-,8-/m1/s1. The largest absolute Gasteiger partial charge is 0.380 e. The van der Waals surface area contributed by atoms with Crippen LogP contribution >= 0.6 is 0 Å². The Morgan fingerprint density at radius 1 is 1.27 bits per heavy atom. The minimum Gasteiger partial charge on any atom is -0.380 e. The van der Waals surface area contributed by atoms with Gasteiger partial charge in [-0.3, -0.25) is 0 Å². The van der Waals surface area contributed by atoms with E-state index in [-0.39, 0.29) is 6.04 Å².